The van der Waals surface area contributed by atoms with Gasteiger partial charge >= 0.3 is 5.97 Å². The molecule has 5 fully saturated rings. The van der Waals surface area contributed by atoms with E-state index in [9.17, 15) is 9.59 Å². The van der Waals surface area contributed by atoms with Gasteiger partial charge in [0.1, 0.15) is 11.5 Å². The molecule has 0 N–H and O–H groups in total. The van der Waals surface area contributed by atoms with Gasteiger partial charge in [-0.3, -0.25) is 9.59 Å². The minimum atomic E-state index is -0.308. The number of ether oxygens (including phenoxy) is 3. The van der Waals surface area contributed by atoms with E-state index < -0.39 is 0 Å². The predicted molar refractivity (Wildman–Crippen MR) is 189 cm³/mol. The molecule has 10 atom stereocenters. The molecule has 46 heavy (non-hydrogen) atoms. The molecule has 2 aromatic carbocycles. The van der Waals surface area contributed by atoms with Crippen molar-refractivity contribution < 1.29 is 23.8 Å². The van der Waals surface area contributed by atoms with Gasteiger partial charge in [-0.05, 0) is 133 Å². The molecular weight excluding hydrogens is 613 g/mol. The number of thioether (sulfide) groups is 2. The number of carbonyl (C=O) groups is 2. The second-order valence-electron chi connectivity index (χ2n) is 14.9. The number of hydrogen-bond acceptors (Lipinski definition) is 7. The molecule has 0 saturated heterocycles. The van der Waals surface area contributed by atoms with Crippen LogP contribution in [-0.2, 0) is 19.7 Å². The number of esters is 1. The topological polar surface area (TPSA) is 61.8 Å². The van der Waals surface area contributed by atoms with Gasteiger partial charge in [-0.15, -0.1) is 0 Å². The van der Waals surface area contributed by atoms with Crippen LogP contribution >= 0.6 is 23.5 Å². The van der Waals surface area contributed by atoms with Gasteiger partial charge in [-0.2, -0.15) is 11.8 Å². The first-order chi connectivity index (χ1) is 22.1. The Morgan fingerprint density at radius 1 is 0.783 bits per heavy atom. The molecule has 0 radical (unpaired) electrons. The van der Waals surface area contributed by atoms with Crippen LogP contribution in [0.15, 0.2) is 48.5 Å². The summed E-state index contributed by atoms with van der Waals surface area (Å²) in [4.78, 5) is 22.5. The summed E-state index contributed by atoms with van der Waals surface area (Å²) >= 11 is 3.58. The summed E-state index contributed by atoms with van der Waals surface area (Å²) in [7, 11) is 1.66. The van der Waals surface area contributed by atoms with Crippen molar-refractivity contribution in [3.63, 3.8) is 0 Å². The van der Waals surface area contributed by atoms with Crippen LogP contribution in [-0.4, -0.2) is 48.2 Å². The minimum Gasteiger partial charge on any atom is -0.497 e. The molecular formula is C39H52O5S2. The van der Waals surface area contributed by atoms with Gasteiger partial charge in [0.15, 0.2) is 5.12 Å². The Kier molecular flexibility index (Phi) is 10.5. The first-order valence-electron chi connectivity index (χ1n) is 17.3. The zero-order valence-electron chi connectivity index (χ0n) is 28.4. The van der Waals surface area contributed by atoms with Crippen LogP contribution in [0.5, 0.6) is 11.5 Å². The molecule has 10 unspecified atom stereocenters. The van der Waals surface area contributed by atoms with Crippen molar-refractivity contribution in [2.75, 3.05) is 25.7 Å². The molecule has 0 spiro atoms. The fourth-order valence-electron chi connectivity index (χ4n) is 10.5. The van der Waals surface area contributed by atoms with Gasteiger partial charge in [0, 0.05) is 31.1 Å². The summed E-state index contributed by atoms with van der Waals surface area (Å²) in [5, 5.41) is 0.962. The van der Waals surface area contributed by atoms with Crippen LogP contribution in [0.2, 0.25) is 0 Å². The van der Waals surface area contributed by atoms with Crippen molar-refractivity contribution in [1.82, 2.24) is 0 Å². The monoisotopic (exact) mass is 664 g/mol. The zero-order chi connectivity index (χ0) is 32.6. The van der Waals surface area contributed by atoms with E-state index in [1.165, 1.54) is 56.8 Å². The molecule has 250 valence electrons. The lowest BCUT2D eigenvalue weighted by molar-refractivity contribution is -0.131. The predicted octanol–water partition coefficient (Wildman–Crippen LogP) is 8.67. The van der Waals surface area contributed by atoms with Gasteiger partial charge in [-0.25, -0.2) is 0 Å². The third-order valence-corrected chi connectivity index (χ3v) is 13.9. The Bertz CT molecular complexity index is 1360. The van der Waals surface area contributed by atoms with E-state index in [2.05, 4.69) is 32.2 Å². The van der Waals surface area contributed by atoms with Crippen LogP contribution in [0, 0.1) is 47.3 Å². The number of methoxy groups -OCH3 is 1. The Labute approximate surface area is 284 Å². The van der Waals surface area contributed by atoms with Crippen molar-refractivity contribution in [2.24, 2.45) is 47.3 Å². The van der Waals surface area contributed by atoms with Crippen LogP contribution in [0.1, 0.15) is 77.3 Å². The number of benzene rings is 2. The first-order valence-corrected chi connectivity index (χ1v) is 19.6. The summed E-state index contributed by atoms with van der Waals surface area (Å²) in [6, 6.07) is 15.7. The van der Waals surface area contributed by atoms with Crippen LogP contribution in [0.25, 0.3) is 0 Å². The molecule has 4 bridgehead atoms. The largest absolute Gasteiger partial charge is 0.497 e. The van der Waals surface area contributed by atoms with E-state index in [1.807, 2.05) is 48.2 Å². The van der Waals surface area contributed by atoms with Crippen molar-refractivity contribution >= 4 is 34.6 Å². The average Bonchev–Trinajstić information content (AvgIpc) is 3.84. The third-order valence-electron chi connectivity index (χ3n) is 12.1. The molecule has 0 heterocycles. The second kappa shape index (κ2) is 14.3. The molecule has 0 aliphatic heterocycles. The van der Waals surface area contributed by atoms with E-state index in [0.29, 0.717) is 22.2 Å². The maximum Gasteiger partial charge on any atom is 0.308 e. The maximum absolute atomic E-state index is 11.5. The van der Waals surface area contributed by atoms with Crippen LogP contribution < -0.4 is 9.47 Å². The lowest BCUT2D eigenvalue weighted by Gasteiger charge is -2.43. The highest BCUT2D eigenvalue weighted by atomic mass is 32.2. The quantitative estimate of drug-likeness (QED) is 0.109. The normalized spacial score (nSPS) is 33.3. The fourth-order valence-corrected chi connectivity index (χ4v) is 12.0. The van der Waals surface area contributed by atoms with Crippen molar-refractivity contribution in [1.29, 1.82) is 0 Å². The summed E-state index contributed by atoms with van der Waals surface area (Å²) in [6.07, 6.45) is 11.0. The molecule has 0 amide bonds. The summed E-state index contributed by atoms with van der Waals surface area (Å²) in [5.41, 5.74) is 2.22. The second-order valence-corrected chi connectivity index (χ2v) is 17.3. The Hall–Kier alpha value is -1.96. The average molecular weight is 665 g/mol. The van der Waals surface area contributed by atoms with Crippen LogP contribution in [0.3, 0.4) is 0 Å². The molecule has 5 aliphatic carbocycles. The fraction of sp³-hybridized carbons (Fsp3) is 0.641. The number of fused-ring (bicyclic) bond motifs is 12. The Morgan fingerprint density at radius 2 is 1.39 bits per heavy atom. The molecule has 5 saturated carbocycles. The van der Waals surface area contributed by atoms with Crippen molar-refractivity contribution in [3.05, 3.63) is 59.7 Å². The van der Waals surface area contributed by atoms with Crippen molar-refractivity contribution in [3.8, 4) is 11.5 Å². The molecule has 5 nitrogen and oxygen atoms in total. The standard InChI is InChI=1S/C21H32O2S2.C18H20O3/c1-11(22)25-13-8-14-15(9-13)17-10-16(14)20-12-6-18(21(17)20)19(7-12)23-4-3-5-24-2;1-13(19)21-17-11-7-15(8-12-17)18(2,3)14-5-9-16(20-4)10-6-14/h12-21H,3-10H2,1-2H3;5-12H,1-4H3. The van der Waals surface area contributed by atoms with E-state index in [0.717, 1.165) is 65.3 Å². The number of rotatable bonds is 10. The van der Waals surface area contributed by atoms with Gasteiger partial charge in [-0.1, -0.05) is 49.9 Å². The number of hydrogen-bond donors (Lipinski definition) is 0. The SMILES string of the molecule is COc1ccc(C(C)(C)c2ccc(OC(C)=O)cc2)cc1.CSCCCOC1CC2CC1C1C3CC(C4CC(SC(C)=O)CC43)C21. The van der Waals surface area contributed by atoms with Gasteiger partial charge in [0.25, 0.3) is 0 Å². The van der Waals surface area contributed by atoms with E-state index in [4.69, 9.17) is 14.2 Å². The van der Waals surface area contributed by atoms with Gasteiger partial charge in [0.05, 0.1) is 13.2 Å². The molecule has 2 aromatic rings. The van der Waals surface area contributed by atoms with Crippen LogP contribution in [0.4, 0.5) is 0 Å². The van der Waals surface area contributed by atoms with E-state index in [-0.39, 0.29) is 11.4 Å². The van der Waals surface area contributed by atoms with E-state index >= 15 is 0 Å². The third kappa shape index (κ3) is 6.80. The molecule has 5 aliphatic rings. The van der Waals surface area contributed by atoms with Gasteiger partial charge < -0.3 is 14.2 Å². The minimum absolute atomic E-state index is 0.138. The lowest BCUT2D eigenvalue weighted by Crippen LogP contribution is -2.41. The Balaban J connectivity index is 0.000000165. The highest BCUT2D eigenvalue weighted by Gasteiger charge is 2.68. The van der Waals surface area contributed by atoms with Gasteiger partial charge in [0.2, 0.25) is 0 Å². The van der Waals surface area contributed by atoms with Crippen molar-refractivity contribution in [2.45, 2.75) is 83.0 Å². The summed E-state index contributed by atoms with van der Waals surface area (Å²) < 4.78 is 16.6. The maximum atomic E-state index is 11.5. The Morgan fingerprint density at radius 3 is 1.96 bits per heavy atom. The summed E-state index contributed by atoms with van der Waals surface area (Å²) in [6.45, 7) is 8.45. The molecule has 0 aromatic heterocycles. The highest BCUT2D eigenvalue weighted by Crippen LogP contribution is 2.73. The molecule has 7 rings (SSSR count). The number of carbonyl (C=O) groups excluding carboxylic acids is 2. The summed E-state index contributed by atoms with van der Waals surface area (Å²) in [5.74, 6) is 10.1. The smallest absolute Gasteiger partial charge is 0.308 e. The molecule has 7 heteroatoms. The first kappa shape index (κ1) is 33.9. The highest BCUT2D eigenvalue weighted by molar-refractivity contribution is 8.14. The van der Waals surface area contributed by atoms with E-state index in [1.54, 1.807) is 25.8 Å². The zero-order valence-corrected chi connectivity index (χ0v) is 30.0. The lowest BCUT2D eigenvalue weighted by atomic mass is 9.64.